The molecule has 8 atom stereocenters. The summed E-state index contributed by atoms with van der Waals surface area (Å²) in [4.78, 5) is 0. The zero-order valence-corrected chi connectivity index (χ0v) is 22.8. The van der Waals surface area contributed by atoms with Crippen molar-refractivity contribution in [2.24, 2.45) is 52.8 Å². The van der Waals surface area contributed by atoms with Crippen molar-refractivity contribution >= 4 is 8.07 Å². The highest BCUT2D eigenvalue weighted by Crippen LogP contribution is 2.63. The lowest BCUT2D eigenvalue weighted by atomic mass is 9.61. The maximum atomic E-state index is 2.84. The van der Waals surface area contributed by atoms with Gasteiger partial charge in [0.2, 0.25) is 0 Å². The summed E-state index contributed by atoms with van der Waals surface area (Å²) in [6, 6.07) is 0. The lowest BCUT2D eigenvalue weighted by molar-refractivity contribution is 0.0638. The average Bonchev–Trinajstić information content (AvgIpc) is 3.19. The molecule has 174 valence electrons. The van der Waals surface area contributed by atoms with E-state index in [0.717, 1.165) is 58.4 Å². The molecule has 4 rings (SSSR count). The summed E-state index contributed by atoms with van der Waals surface area (Å²) in [6.45, 7) is 21.0. The fourth-order valence-electron chi connectivity index (χ4n) is 10.3. The molecule has 0 aromatic heterocycles. The standard InChI is InChI=1S/C29H54Si/c1-19-16-20(2)27(17-19)30(7,8)28-21(3)18-26-24(10-9-11-25(26)28)22-12-14-23(15-13-22)29(4,5)6/h19-28H,9-18H2,1-8H3. The fourth-order valence-corrected chi connectivity index (χ4v) is 16.5. The Labute approximate surface area is 190 Å². The molecule has 4 saturated carbocycles. The first-order chi connectivity index (χ1) is 14.0. The van der Waals surface area contributed by atoms with Gasteiger partial charge in [-0.05, 0) is 115 Å². The zero-order chi connectivity index (χ0) is 21.8. The van der Waals surface area contributed by atoms with Crippen molar-refractivity contribution in [2.75, 3.05) is 0 Å². The SMILES string of the molecule is CC1CC(C)C([Si](C)(C)C2C(C)CC3C(C4CCC(C(C)(C)C)CC4)CCCC32)C1. The van der Waals surface area contributed by atoms with E-state index >= 15 is 0 Å². The molecular formula is C29H54Si. The van der Waals surface area contributed by atoms with Crippen LogP contribution in [0.3, 0.4) is 0 Å². The maximum absolute atomic E-state index is 2.84. The predicted octanol–water partition coefficient (Wildman–Crippen LogP) is 9.43. The summed E-state index contributed by atoms with van der Waals surface area (Å²) in [5, 5.41) is 0. The van der Waals surface area contributed by atoms with Gasteiger partial charge in [-0.15, -0.1) is 0 Å². The summed E-state index contributed by atoms with van der Waals surface area (Å²) in [5.74, 6) is 8.32. The van der Waals surface area contributed by atoms with Crippen LogP contribution in [0, 0.1) is 52.8 Å². The van der Waals surface area contributed by atoms with Crippen LogP contribution in [0.25, 0.3) is 0 Å². The maximum Gasteiger partial charge on any atom is 0.0544 e. The highest BCUT2D eigenvalue weighted by Gasteiger charge is 2.56. The molecule has 0 heterocycles. The normalized spacial score (nSPS) is 48.0. The molecule has 0 nitrogen and oxygen atoms in total. The minimum absolute atomic E-state index is 0.526. The third kappa shape index (κ3) is 4.24. The van der Waals surface area contributed by atoms with Crippen molar-refractivity contribution in [2.45, 2.75) is 130 Å². The van der Waals surface area contributed by atoms with E-state index in [0.29, 0.717) is 5.41 Å². The number of hydrogen-bond acceptors (Lipinski definition) is 0. The minimum Gasteiger partial charge on any atom is -0.0689 e. The molecule has 30 heavy (non-hydrogen) atoms. The lowest BCUT2D eigenvalue weighted by Gasteiger charge is -2.48. The first-order valence-corrected chi connectivity index (χ1v) is 17.2. The second-order valence-electron chi connectivity index (χ2n) is 14.6. The molecule has 4 aliphatic carbocycles. The molecule has 0 aromatic rings. The van der Waals surface area contributed by atoms with Crippen LogP contribution in [-0.2, 0) is 0 Å². The molecule has 0 radical (unpaired) electrons. The Hall–Kier alpha value is 0.217. The van der Waals surface area contributed by atoms with Crippen LogP contribution in [0.2, 0.25) is 24.2 Å². The van der Waals surface area contributed by atoms with Gasteiger partial charge in [0, 0.05) is 0 Å². The zero-order valence-electron chi connectivity index (χ0n) is 21.8. The number of hydrogen-bond donors (Lipinski definition) is 0. The molecule has 1 heteroatoms. The fraction of sp³-hybridized carbons (Fsp3) is 1.00. The van der Waals surface area contributed by atoms with Crippen molar-refractivity contribution in [1.82, 2.24) is 0 Å². The van der Waals surface area contributed by atoms with Gasteiger partial charge in [0.05, 0.1) is 8.07 Å². The Morgan fingerprint density at radius 3 is 1.87 bits per heavy atom. The molecule has 0 N–H and O–H groups in total. The molecule has 0 aliphatic heterocycles. The van der Waals surface area contributed by atoms with E-state index in [2.05, 4.69) is 54.6 Å². The first kappa shape index (κ1) is 23.4. The van der Waals surface area contributed by atoms with Gasteiger partial charge < -0.3 is 0 Å². The molecule has 4 aliphatic rings. The number of fused-ring (bicyclic) bond motifs is 1. The second-order valence-corrected chi connectivity index (χ2v) is 19.7. The van der Waals surface area contributed by atoms with E-state index in [-0.39, 0.29) is 0 Å². The van der Waals surface area contributed by atoms with Gasteiger partial charge in [-0.25, -0.2) is 0 Å². The van der Waals surface area contributed by atoms with Crippen molar-refractivity contribution < 1.29 is 0 Å². The van der Waals surface area contributed by atoms with Crippen LogP contribution in [-0.4, -0.2) is 8.07 Å². The molecule has 0 aromatic carbocycles. The van der Waals surface area contributed by atoms with Gasteiger partial charge >= 0.3 is 0 Å². The smallest absolute Gasteiger partial charge is 0.0544 e. The third-order valence-corrected chi connectivity index (χ3v) is 16.9. The van der Waals surface area contributed by atoms with E-state index in [1.54, 1.807) is 44.9 Å². The van der Waals surface area contributed by atoms with E-state index in [1.807, 2.05) is 0 Å². The molecule has 0 spiro atoms. The van der Waals surface area contributed by atoms with Crippen LogP contribution >= 0.6 is 0 Å². The van der Waals surface area contributed by atoms with Crippen molar-refractivity contribution in [1.29, 1.82) is 0 Å². The number of rotatable bonds is 3. The van der Waals surface area contributed by atoms with E-state index in [1.165, 1.54) is 19.3 Å². The van der Waals surface area contributed by atoms with Gasteiger partial charge in [-0.2, -0.15) is 0 Å². The first-order valence-electron chi connectivity index (χ1n) is 14.0. The van der Waals surface area contributed by atoms with Gasteiger partial charge in [0.25, 0.3) is 0 Å². The van der Waals surface area contributed by atoms with E-state index in [9.17, 15) is 0 Å². The van der Waals surface area contributed by atoms with Gasteiger partial charge in [0.1, 0.15) is 0 Å². The largest absolute Gasteiger partial charge is 0.0689 e. The summed E-state index contributed by atoms with van der Waals surface area (Å²) in [5.41, 5.74) is 2.74. The monoisotopic (exact) mass is 430 g/mol. The average molecular weight is 431 g/mol. The molecule has 4 fully saturated rings. The van der Waals surface area contributed by atoms with Gasteiger partial charge in [-0.1, -0.05) is 67.5 Å². The Balaban J connectivity index is 1.47. The van der Waals surface area contributed by atoms with Crippen LogP contribution < -0.4 is 0 Å². The quantitative estimate of drug-likeness (QED) is 0.391. The second kappa shape index (κ2) is 8.53. The molecule has 0 amide bonds. The summed E-state index contributed by atoms with van der Waals surface area (Å²) in [6.07, 6.45) is 15.5. The van der Waals surface area contributed by atoms with Crippen molar-refractivity contribution in [3.63, 3.8) is 0 Å². The molecule has 0 bridgehead atoms. The summed E-state index contributed by atoms with van der Waals surface area (Å²) in [7, 11) is -1.23. The van der Waals surface area contributed by atoms with Crippen LogP contribution in [0.4, 0.5) is 0 Å². The Morgan fingerprint density at radius 2 is 1.30 bits per heavy atom. The van der Waals surface area contributed by atoms with Crippen molar-refractivity contribution in [3.05, 3.63) is 0 Å². The third-order valence-electron chi connectivity index (χ3n) is 11.4. The van der Waals surface area contributed by atoms with Gasteiger partial charge in [-0.3, -0.25) is 0 Å². The molecular weight excluding hydrogens is 376 g/mol. The lowest BCUT2D eigenvalue weighted by Crippen LogP contribution is -2.45. The minimum atomic E-state index is -1.23. The topological polar surface area (TPSA) is 0 Å². The van der Waals surface area contributed by atoms with Crippen LogP contribution in [0.5, 0.6) is 0 Å². The van der Waals surface area contributed by atoms with Crippen LogP contribution in [0.15, 0.2) is 0 Å². The summed E-state index contributed by atoms with van der Waals surface area (Å²) < 4.78 is 0. The van der Waals surface area contributed by atoms with E-state index < -0.39 is 8.07 Å². The van der Waals surface area contributed by atoms with Crippen LogP contribution in [0.1, 0.15) is 106 Å². The Bertz CT molecular complexity index is 578. The summed E-state index contributed by atoms with van der Waals surface area (Å²) >= 11 is 0. The highest BCUT2D eigenvalue weighted by molar-refractivity contribution is 6.80. The Morgan fingerprint density at radius 1 is 0.667 bits per heavy atom. The Kier molecular flexibility index (Phi) is 6.65. The van der Waals surface area contributed by atoms with E-state index in [4.69, 9.17) is 0 Å². The highest BCUT2D eigenvalue weighted by atomic mass is 28.3. The predicted molar refractivity (Wildman–Crippen MR) is 136 cm³/mol. The molecule has 0 saturated heterocycles. The van der Waals surface area contributed by atoms with Gasteiger partial charge in [0.15, 0.2) is 0 Å². The van der Waals surface area contributed by atoms with Crippen molar-refractivity contribution in [3.8, 4) is 0 Å². The molecule has 8 unspecified atom stereocenters.